The number of hydrogen-bond donors (Lipinski definition) is 0. The second-order valence-electron chi connectivity index (χ2n) is 8.41. The van der Waals surface area contributed by atoms with Crippen LogP contribution < -0.4 is 0 Å². The van der Waals surface area contributed by atoms with E-state index in [9.17, 15) is 18.0 Å². The van der Waals surface area contributed by atoms with Crippen LogP contribution in [0.15, 0.2) is 10.6 Å². The van der Waals surface area contributed by atoms with Gasteiger partial charge in [0.25, 0.3) is 5.71 Å². The molecule has 8 heteroatoms. The van der Waals surface area contributed by atoms with Crippen LogP contribution in [-0.2, 0) is 11.0 Å². The minimum atomic E-state index is -4.51. The van der Waals surface area contributed by atoms with Gasteiger partial charge in [0, 0.05) is 30.6 Å². The molecule has 1 aliphatic heterocycles. The van der Waals surface area contributed by atoms with Crippen LogP contribution in [0.3, 0.4) is 0 Å². The van der Waals surface area contributed by atoms with Crippen molar-refractivity contribution >= 4 is 17.0 Å². The Morgan fingerprint density at radius 3 is 2.46 bits per heavy atom. The number of rotatable bonds is 3. The molecule has 2 aliphatic rings. The number of fused-ring (bicyclic) bond motifs is 1. The number of pyridine rings is 1. The standard InChI is InChI=1S/C20H24F3N3O2/c1-10(2)15-9-14(20(21,22)23)16-17(25-28-18(16)24-15)12-4-6-26(7-5-12)19(27)13-8-11(13)3/h9-13H,4-8H2,1-3H3/t11-,13+/m0/s1. The quantitative estimate of drug-likeness (QED) is 0.754. The van der Waals surface area contributed by atoms with Crippen LogP contribution in [0.25, 0.3) is 11.1 Å². The molecule has 1 saturated carbocycles. The van der Waals surface area contributed by atoms with Crippen LogP contribution in [0.1, 0.15) is 68.8 Å². The number of likely N-dealkylation sites (tertiary alicyclic amines) is 1. The first-order chi connectivity index (χ1) is 13.2. The van der Waals surface area contributed by atoms with E-state index in [4.69, 9.17) is 4.52 Å². The van der Waals surface area contributed by atoms with Crippen LogP contribution in [0.2, 0.25) is 0 Å². The molecule has 0 aromatic carbocycles. The van der Waals surface area contributed by atoms with Crippen LogP contribution in [0.5, 0.6) is 0 Å². The highest BCUT2D eigenvalue weighted by molar-refractivity contribution is 5.83. The molecule has 5 nitrogen and oxygen atoms in total. The predicted octanol–water partition coefficient (Wildman–Crippen LogP) is 4.73. The van der Waals surface area contributed by atoms with Gasteiger partial charge in [-0.25, -0.2) is 4.98 Å². The first kappa shape index (κ1) is 19.2. The van der Waals surface area contributed by atoms with Gasteiger partial charge in [-0.15, -0.1) is 0 Å². The van der Waals surface area contributed by atoms with E-state index in [1.165, 1.54) is 0 Å². The molecule has 0 spiro atoms. The van der Waals surface area contributed by atoms with Gasteiger partial charge in [0.05, 0.1) is 16.6 Å². The van der Waals surface area contributed by atoms with E-state index in [-0.39, 0.29) is 34.8 Å². The number of carbonyl (C=O) groups excluding carboxylic acids is 1. The van der Waals surface area contributed by atoms with Crippen molar-refractivity contribution in [1.29, 1.82) is 0 Å². The van der Waals surface area contributed by atoms with E-state index < -0.39 is 11.7 Å². The lowest BCUT2D eigenvalue weighted by Crippen LogP contribution is -2.39. The smallest absolute Gasteiger partial charge is 0.342 e. The van der Waals surface area contributed by atoms with Crippen molar-refractivity contribution in [2.24, 2.45) is 11.8 Å². The molecule has 1 aliphatic carbocycles. The highest BCUT2D eigenvalue weighted by atomic mass is 19.4. The fraction of sp³-hybridized carbons (Fsp3) is 0.650. The summed E-state index contributed by atoms with van der Waals surface area (Å²) in [6.45, 7) is 6.73. The number of piperidine rings is 1. The molecule has 152 valence electrons. The van der Waals surface area contributed by atoms with Crippen molar-refractivity contribution in [3.8, 4) is 0 Å². The summed E-state index contributed by atoms with van der Waals surface area (Å²) in [5.74, 6) is 0.420. The van der Waals surface area contributed by atoms with E-state index in [2.05, 4.69) is 17.1 Å². The summed E-state index contributed by atoms with van der Waals surface area (Å²) >= 11 is 0. The molecule has 0 bridgehead atoms. The van der Waals surface area contributed by atoms with Gasteiger partial charge in [-0.05, 0) is 37.2 Å². The fourth-order valence-corrected chi connectivity index (χ4v) is 4.06. The molecule has 0 radical (unpaired) electrons. The maximum atomic E-state index is 13.7. The fourth-order valence-electron chi connectivity index (χ4n) is 4.06. The Morgan fingerprint density at radius 2 is 1.93 bits per heavy atom. The first-order valence-electron chi connectivity index (χ1n) is 9.83. The molecule has 2 atom stereocenters. The average Bonchev–Trinajstić information content (AvgIpc) is 3.22. The lowest BCUT2D eigenvalue weighted by Gasteiger charge is -2.31. The Labute approximate surface area is 161 Å². The maximum Gasteiger partial charge on any atom is 0.417 e. The lowest BCUT2D eigenvalue weighted by atomic mass is 9.90. The average molecular weight is 395 g/mol. The number of alkyl halides is 3. The number of aromatic nitrogens is 2. The normalized spacial score (nSPS) is 23.6. The Hall–Kier alpha value is -2.12. The zero-order valence-electron chi connectivity index (χ0n) is 16.2. The van der Waals surface area contributed by atoms with Gasteiger partial charge < -0.3 is 9.42 Å². The molecule has 1 amide bonds. The first-order valence-corrected chi connectivity index (χ1v) is 9.83. The zero-order chi connectivity index (χ0) is 20.2. The van der Waals surface area contributed by atoms with E-state index in [1.54, 1.807) is 13.8 Å². The van der Waals surface area contributed by atoms with Crippen LogP contribution >= 0.6 is 0 Å². The predicted molar refractivity (Wildman–Crippen MR) is 96.7 cm³/mol. The number of hydrogen-bond acceptors (Lipinski definition) is 4. The number of carbonyl (C=O) groups is 1. The SMILES string of the molecule is CC(C)c1cc(C(F)(F)F)c2c(C3CCN(C(=O)[C@@H]4C[C@@H]4C)CC3)noc2n1. The van der Waals surface area contributed by atoms with Gasteiger partial charge in [0.15, 0.2) is 0 Å². The second kappa shape index (κ2) is 6.74. The Kier molecular flexibility index (Phi) is 4.62. The molecule has 1 saturated heterocycles. The third-order valence-electron chi connectivity index (χ3n) is 6.01. The van der Waals surface area contributed by atoms with Crippen molar-refractivity contribution < 1.29 is 22.5 Å². The topological polar surface area (TPSA) is 59.2 Å². The van der Waals surface area contributed by atoms with Crippen molar-refractivity contribution in [3.63, 3.8) is 0 Å². The largest absolute Gasteiger partial charge is 0.417 e. The molecule has 2 fully saturated rings. The molecule has 2 aromatic heterocycles. The van der Waals surface area contributed by atoms with E-state index >= 15 is 0 Å². The number of nitrogens with zero attached hydrogens (tertiary/aromatic N) is 3. The molecular weight excluding hydrogens is 371 g/mol. The van der Waals surface area contributed by atoms with Crippen LogP contribution in [-0.4, -0.2) is 34.0 Å². The summed E-state index contributed by atoms with van der Waals surface area (Å²) in [4.78, 5) is 18.5. The van der Waals surface area contributed by atoms with Crippen molar-refractivity contribution in [1.82, 2.24) is 15.0 Å². The van der Waals surface area contributed by atoms with Gasteiger partial charge in [-0.1, -0.05) is 25.9 Å². The minimum absolute atomic E-state index is 0.0301. The third kappa shape index (κ3) is 3.37. The molecule has 3 heterocycles. The van der Waals surface area contributed by atoms with Gasteiger partial charge >= 0.3 is 6.18 Å². The summed E-state index contributed by atoms with van der Waals surface area (Å²) in [5, 5.41) is 3.95. The van der Waals surface area contributed by atoms with E-state index in [0.717, 1.165) is 12.5 Å². The molecule has 0 N–H and O–H groups in total. The van der Waals surface area contributed by atoms with Crippen molar-refractivity contribution in [2.75, 3.05) is 13.1 Å². The van der Waals surface area contributed by atoms with Crippen molar-refractivity contribution in [2.45, 2.75) is 58.0 Å². The van der Waals surface area contributed by atoms with Crippen LogP contribution in [0.4, 0.5) is 13.2 Å². The Balaban J connectivity index is 1.62. The summed E-state index contributed by atoms with van der Waals surface area (Å²) in [5.41, 5.74) is -0.139. The van der Waals surface area contributed by atoms with E-state index in [0.29, 0.717) is 43.2 Å². The molecular formula is C20H24F3N3O2. The molecule has 28 heavy (non-hydrogen) atoms. The molecule has 2 aromatic rings. The van der Waals surface area contributed by atoms with Gasteiger partial charge in [0.2, 0.25) is 5.91 Å². The third-order valence-corrected chi connectivity index (χ3v) is 6.01. The van der Waals surface area contributed by atoms with Crippen LogP contribution in [0, 0.1) is 11.8 Å². The number of halogens is 3. The highest BCUT2D eigenvalue weighted by Gasteiger charge is 2.43. The molecule has 0 unspecified atom stereocenters. The van der Waals surface area contributed by atoms with Gasteiger partial charge in [-0.3, -0.25) is 4.79 Å². The summed E-state index contributed by atoms with van der Waals surface area (Å²) < 4.78 is 46.4. The monoisotopic (exact) mass is 395 g/mol. The molecule has 4 rings (SSSR count). The summed E-state index contributed by atoms with van der Waals surface area (Å²) in [6.07, 6.45) is -2.41. The van der Waals surface area contributed by atoms with Gasteiger partial charge in [0.1, 0.15) is 0 Å². The zero-order valence-corrected chi connectivity index (χ0v) is 16.2. The van der Waals surface area contributed by atoms with Crippen molar-refractivity contribution in [3.05, 3.63) is 23.0 Å². The van der Waals surface area contributed by atoms with E-state index in [1.807, 2.05) is 4.90 Å². The maximum absolute atomic E-state index is 13.7. The Morgan fingerprint density at radius 1 is 1.29 bits per heavy atom. The minimum Gasteiger partial charge on any atom is -0.342 e. The summed E-state index contributed by atoms with van der Waals surface area (Å²) in [6, 6.07) is 1.11. The lowest BCUT2D eigenvalue weighted by molar-refractivity contribution is -0.136. The summed E-state index contributed by atoms with van der Waals surface area (Å²) in [7, 11) is 0. The second-order valence-corrected chi connectivity index (χ2v) is 8.41. The Bertz CT molecular complexity index is 898. The highest BCUT2D eigenvalue weighted by Crippen LogP contribution is 2.43. The van der Waals surface area contributed by atoms with Gasteiger partial charge in [-0.2, -0.15) is 13.2 Å². The number of amides is 1.